The zero-order chi connectivity index (χ0) is 35.8. The average Bonchev–Trinajstić information content (AvgIpc) is 3.84. The fourth-order valence-corrected chi connectivity index (χ4v) is 7.52. The maximum atomic E-state index is 5.09. The van der Waals surface area contributed by atoms with Crippen molar-refractivity contribution in [3.63, 3.8) is 0 Å². The molecule has 0 aliphatic rings. The van der Waals surface area contributed by atoms with Crippen LogP contribution in [0.15, 0.2) is 206 Å². The molecule has 0 atom stereocenters. The van der Waals surface area contributed by atoms with E-state index in [0.717, 1.165) is 78.5 Å². The Kier molecular flexibility index (Phi) is 7.77. The predicted octanol–water partition coefficient (Wildman–Crippen LogP) is 12.7. The van der Waals surface area contributed by atoms with Crippen LogP contribution in [0.25, 0.3) is 89.7 Å². The molecule has 0 spiro atoms. The van der Waals surface area contributed by atoms with Gasteiger partial charge in [0.1, 0.15) is 11.5 Å². The number of nitrogens with zero attached hydrogens (tertiary/aromatic N) is 4. The van der Waals surface area contributed by atoms with Crippen LogP contribution in [-0.2, 0) is 0 Å². The smallest absolute Gasteiger partial charge is 0.145 e. The molecule has 0 saturated carbocycles. The lowest BCUT2D eigenvalue weighted by molar-refractivity contribution is 1.10. The molecule has 10 aromatic rings. The van der Waals surface area contributed by atoms with E-state index in [0.29, 0.717) is 0 Å². The Morgan fingerprint density at radius 3 is 1.50 bits per heavy atom. The molecule has 0 unspecified atom stereocenters. The second-order valence-corrected chi connectivity index (χ2v) is 13.5. The lowest BCUT2D eigenvalue weighted by Gasteiger charge is -2.13. The van der Waals surface area contributed by atoms with Crippen LogP contribution in [0, 0.1) is 0 Å². The number of rotatable bonds is 7. The van der Waals surface area contributed by atoms with Gasteiger partial charge in [0, 0.05) is 28.6 Å². The Morgan fingerprint density at radius 2 is 0.852 bits per heavy atom. The SMILES string of the molecule is c1ccc(-c2cc(-c3ccc(-c4nc5ccccn5c4-c4ccccc4)cc3)cc(-c3ccc(-c4nc5ccccc5n4-c4ccccc4)cc3)c2)cc1. The summed E-state index contributed by atoms with van der Waals surface area (Å²) in [5.74, 6) is 0.925. The summed E-state index contributed by atoms with van der Waals surface area (Å²) in [6.07, 6.45) is 2.09. The van der Waals surface area contributed by atoms with Gasteiger partial charge < -0.3 is 0 Å². The zero-order valence-corrected chi connectivity index (χ0v) is 29.4. The second-order valence-electron chi connectivity index (χ2n) is 13.5. The standard InChI is InChI=1S/C50H34N4/c1-4-14-35(15-5-1)41-32-42(36-23-27-38(28-24-36)48-49(39-16-6-2-7-17-39)53-31-13-12-22-47(53)52-48)34-43(33-41)37-25-29-40(30-26-37)50-51-45-20-10-11-21-46(45)54(50)44-18-8-3-9-19-44/h1-34H. The number of benzene rings is 7. The van der Waals surface area contributed by atoms with Crippen LogP contribution in [0.5, 0.6) is 0 Å². The second kappa shape index (κ2) is 13.4. The van der Waals surface area contributed by atoms with Gasteiger partial charge in [0.15, 0.2) is 0 Å². The number of hydrogen-bond acceptors (Lipinski definition) is 2. The molecule has 0 fully saturated rings. The largest absolute Gasteiger partial charge is 0.299 e. The van der Waals surface area contributed by atoms with Crippen LogP contribution in [0.2, 0.25) is 0 Å². The molecule has 254 valence electrons. The molecule has 0 saturated heterocycles. The quantitative estimate of drug-likeness (QED) is 0.167. The molecule has 0 bridgehead atoms. The first-order chi connectivity index (χ1) is 26.8. The highest BCUT2D eigenvalue weighted by Crippen LogP contribution is 2.37. The monoisotopic (exact) mass is 690 g/mol. The summed E-state index contributed by atoms with van der Waals surface area (Å²) in [7, 11) is 0. The Bertz CT molecular complexity index is 2710. The maximum Gasteiger partial charge on any atom is 0.145 e. The average molecular weight is 691 g/mol. The van der Waals surface area contributed by atoms with Gasteiger partial charge in [-0.25, -0.2) is 9.97 Å². The first kappa shape index (κ1) is 31.4. The third-order valence-corrected chi connectivity index (χ3v) is 10.2. The van der Waals surface area contributed by atoms with Gasteiger partial charge in [-0.1, -0.05) is 146 Å². The van der Waals surface area contributed by atoms with E-state index in [2.05, 4.69) is 197 Å². The van der Waals surface area contributed by atoms with Gasteiger partial charge in [0.25, 0.3) is 0 Å². The van der Waals surface area contributed by atoms with Crippen LogP contribution in [0.4, 0.5) is 0 Å². The first-order valence-corrected chi connectivity index (χ1v) is 18.2. The van der Waals surface area contributed by atoms with Gasteiger partial charge in [-0.15, -0.1) is 0 Å². The van der Waals surface area contributed by atoms with Gasteiger partial charge >= 0.3 is 0 Å². The molecule has 4 nitrogen and oxygen atoms in total. The van der Waals surface area contributed by atoms with Crippen LogP contribution >= 0.6 is 0 Å². The van der Waals surface area contributed by atoms with Gasteiger partial charge in [-0.2, -0.15) is 0 Å². The van der Waals surface area contributed by atoms with Crippen LogP contribution in [-0.4, -0.2) is 18.9 Å². The molecule has 3 aromatic heterocycles. The predicted molar refractivity (Wildman–Crippen MR) is 222 cm³/mol. The minimum atomic E-state index is 0.925. The molecule has 0 aliphatic heterocycles. The topological polar surface area (TPSA) is 35.1 Å². The van der Waals surface area contributed by atoms with E-state index in [1.165, 1.54) is 11.1 Å². The number of para-hydroxylation sites is 3. The van der Waals surface area contributed by atoms with Gasteiger partial charge in [0.05, 0.1) is 22.4 Å². The zero-order valence-electron chi connectivity index (χ0n) is 29.4. The summed E-state index contributed by atoms with van der Waals surface area (Å²) in [6.45, 7) is 0. The highest BCUT2D eigenvalue weighted by Gasteiger charge is 2.17. The summed E-state index contributed by atoms with van der Waals surface area (Å²) in [4.78, 5) is 10.2. The Labute approximate surface area is 313 Å². The van der Waals surface area contributed by atoms with Gasteiger partial charge in [-0.05, 0) is 88.0 Å². The molecule has 4 heteroatoms. The van der Waals surface area contributed by atoms with E-state index in [1.54, 1.807) is 0 Å². The number of pyridine rings is 1. The summed E-state index contributed by atoms with van der Waals surface area (Å²) in [5, 5.41) is 0. The highest BCUT2D eigenvalue weighted by atomic mass is 15.1. The fraction of sp³-hybridized carbons (Fsp3) is 0. The third kappa shape index (κ3) is 5.67. The van der Waals surface area contributed by atoms with E-state index < -0.39 is 0 Å². The van der Waals surface area contributed by atoms with Gasteiger partial charge in [-0.3, -0.25) is 8.97 Å². The Balaban J connectivity index is 1.05. The number of aromatic nitrogens is 4. The third-order valence-electron chi connectivity index (χ3n) is 10.2. The van der Waals surface area contributed by atoms with Crippen molar-refractivity contribution in [2.45, 2.75) is 0 Å². The Hall–Kier alpha value is -7.30. The first-order valence-electron chi connectivity index (χ1n) is 18.2. The fourth-order valence-electron chi connectivity index (χ4n) is 7.52. The van der Waals surface area contributed by atoms with Gasteiger partial charge in [0.2, 0.25) is 0 Å². The molecule has 10 rings (SSSR count). The number of fused-ring (bicyclic) bond motifs is 2. The lowest BCUT2D eigenvalue weighted by Crippen LogP contribution is -1.97. The van der Waals surface area contributed by atoms with E-state index in [-0.39, 0.29) is 0 Å². The lowest BCUT2D eigenvalue weighted by atomic mass is 9.92. The molecule has 0 amide bonds. The molecule has 54 heavy (non-hydrogen) atoms. The van der Waals surface area contributed by atoms with E-state index in [4.69, 9.17) is 9.97 Å². The van der Waals surface area contributed by atoms with Crippen molar-refractivity contribution in [2.75, 3.05) is 0 Å². The van der Waals surface area contributed by atoms with Crippen LogP contribution in [0.1, 0.15) is 0 Å². The van der Waals surface area contributed by atoms with Crippen molar-refractivity contribution in [1.29, 1.82) is 0 Å². The summed E-state index contributed by atoms with van der Waals surface area (Å²) in [6, 6.07) is 70.6. The Morgan fingerprint density at radius 1 is 0.352 bits per heavy atom. The minimum absolute atomic E-state index is 0.925. The summed E-state index contributed by atoms with van der Waals surface area (Å²) < 4.78 is 4.42. The van der Waals surface area contributed by atoms with E-state index in [1.807, 2.05) is 18.2 Å². The molecule has 3 heterocycles. The molecule has 0 aliphatic carbocycles. The molecule has 0 N–H and O–H groups in total. The number of imidazole rings is 2. The molecule has 0 radical (unpaired) electrons. The minimum Gasteiger partial charge on any atom is -0.299 e. The van der Waals surface area contributed by atoms with Crippen molar-refractivity contribution in [3.05, 3.63) is 206 Å². The normalized spacial score (nSPS) is 11.3. The number of hydrogen-bond donors (Lipinski definition) is 0. The molecular formula is C50H34N4. The summed E-state index contributed by atoms with van der Waals surface area (Å²) >= 11 is 0. The van der Waals surface area contributed by atoms with Crippen molar-refractivity contribution >= 4 is 16.7 Å². The van der Waals surface area contributed by atoms with Crippen molar-refractivity contribution in [1.82, 2.24) is 18.9 Å². The summed E-state index contributed by atoms with van der Waals surface area (Å²) in [5.41, 5.74) is 16.4. The van der Waals surface area contributed by atoms with E-state index >= 15 is 0 Å². The highest BCUT2D eigenvalue weighted by molar-refractivity contribution is 5.87. The van der Waals surface area contributed by atoms with Crippen LogP contribution in [0.3, 0.4) is 0 Å². The maximum absolute atomic E-state index is 5.09. The molecule has 7 aromatic carbocycles. The van der Waals surface area contributed by atoms with Crippen molar-refractivity contribution in [3.8, 4) is 73.0 Å². The van der Waals surface area contributed by atoms with Crippen molar-refractivity contribution in [2.24, 2.45) is 0 Å². The van der Waals surface area contributed by atoms with E-state index in [9.17, 15) is 0 Å². The van der Waals surface area contributed by atoms with Crippen LogP contribution < -0.4 is 0 Å². The van der Waals surface area contributed by atoms with Crippen molar-refractivity contribution < 1.29 is 0 Å². The molecular weight excluding hydrogens is 657 g/mol.